The number of amidine groups is 1. The number of aliphatic imine (C=N–C) groups is 1. The number of nitrogens with zero attached hydrogens (tertiary/aromatic N) is 5. The van der Waals surface area contributed by atoms with Crippen molar-refractivity contribution in [2.75, 3.05) is 56.1 Å². The summed E-state index contributed by atoms with van der Waals surface area (Å²) in [5.41, 5.74) is 19.4. The zero-order valence-corrected chi connectivity index (χ0v) is 22.9. The quantitative estimate of drug-likeness (QED) is 0.229. The Morgan fingerprint density at radius 3 is 2.79 bits per heavy atom. The van der Waals surface area contributed by atoms with E-state index in [1.807, 2.05) is 6.92 Å². The van der Waals surface area contributed by atoms with Gasteiger partial charge < -0.3 is 32.2 Å². The molecule has 0 saturated carbocycles. The summed E-state index contributed by atoms with van der Waals surface area (Å²) in [6.45, 7) is 10.1. The third-order valence-corrected chi connectivity index (χ3v) is 9.06. The fraction of sp³-hybridized carbons (Fsp3) is 0.538. The van der Waals surface area contributed by atoms with Crippen LogP contribution in [0.25, 0.3) is 0 Å². The maximum atomic E-state index is 13.5. The number of amides is 1. The topological polar surface area (TPSA) is 161 Å². The third kappa shape index (κ3) is 4.83. The Morgan fingerprint density at radius 2 is 2.11 bits per heavy atom. The minimum Gasteiger partial charge on any atom is -0.454 e. The molecular formula is C26H37N9O2S. The molecule has 2 aliphatic heterocycles. The number of piperazine rings is 1. The molecule has 3 atom stereocenters. The van der Waals surface area contributed by atoms with Crippen molar-refractivity contribution in [2.24, 2.45) is 10.7 Å². The van der Waals surface area contributed by atoms with Gasteiger partial charge in [0.1, 0.15) is 22.6 Å². The highest BCUT2D eigenvalue weighted by Crippen LogP contribution is 2.49. The van der Waals surface area contributed by atoms with Crippen LogP contribution in [0.15, 0.2) is 23.7 Å². The van der Waals surface area contributed by atoms with E-state index in [-0.39, 0.29) is 29.9 Å². The zero-order valence-electron chi connectivity index (χ0n) is 22.1. The summed E-state index contributed by atoms with van der Waals surface area (Å²) in [4.78, 5) is 32.6. The standard InChI is InChI=1S/C26H37N9O2S/c1-4-17(16-6-5-11-34(16)3)37-25-31-15(14-19(32-25)35-12-9-30-10-13-35)22(28)33-24(36)26(2)8-7-18-20(26)21(27)23(29)38-18/h4,14,16-17,30H,1,5-13,27,29H2,2-3H3,(H2,28,33,36)/t16-,17-,26?/m0/s1. The maximum Gasteiger partial charge on any atom is 0.319 e. The molecule has 1 aliphatic carbocycles. The van der Waals surface area contributed by atoms with E-state index >= 15 is 0 Å². The number of hydrogen-bond donors (Lipinski definition) is 4. The number of rotatable bonds is 7. The number of fused-ring (bicyclic) bond motifs is 1. The van der Waals surface area contributed by atoms with Gasteiger partial charge in [-0.1, -0.05) is 6.58 Å². The number of likely N-dealkylation sites (tertiary alicyclic amines) is 1. The summed E-state index contributed by atoms with van der Waals surface area (Å²) in [7, 11) is 2.08. The van der Waals surface area contributed by atoms with Crippen LogP contribution in [0.4, 0.5) is 16.5 Å². The number of carbonyl (C=O) groups is 1. The first-order valence-electron chi connectivity index (χ1n) is 13.1. The predicted molar refractivity (Wildman–Crippen MR) is 152 cm³/mol. The van der Waals surface area contributed by atoms with Crippen molar-refractivity contribution in [1.29, 1.82) is 0 Å². The van der Waals surface area contributed by atoms with E-state index in [0.717, 1.165) is 62.4 Å². The molecule has 12 heteroatoms. The molecule has 11 nitrogen and oxygen atoms in total. The van der Waals surface area contributed by atoms with Gasteiger partial charge >= 0.3 is 6.01 Å². The molecule has 7 N–H and O–H groups in total. The second-order valence-electron chi connectivity index (χ2n) is 10.5. The van der Waals surface area contributed by atoms with Crippen LogP contribution in [-0.2, 0) is 16.6 Å². The molecule has 2 saturated heterocycles. The first-order chi connectivity index (χ1) is 18.2. The number of carbonyl (C=O) groups excluding carboxylic acids is 1. The number of aromatic nitrogens is 2. The fourth-order valence-corrected chi connectivity index (χ4v) is 6.81. The van der Waals surface area contributed by atoms with Gasteiger partial charge in [-0.25, -0.2) is 0 Å². The van der Waals surface area contributed by atoms with Crippen molar-refractivity contribution >= 4 is 39.6 Å². The Bertz CT molecular complexity index is 1260. The Hall–Kier alpha value is -3.22. The Morgan fingerprint density at radius 1 is 1.34 bits per heavy atom. The largest absolute Gasteiger partial charge is 0.454 e. The normalized spacial score (nSPS) is 24.8. The fourth-order valence-electron chi connectivity index (χ4n) is 5.69. The molecule has 38 heavy (non-hydrogen) atoms. The van der Waals surface area contributed by atoms with E-state index in [4.69, 9.17) is 26.9 Å². The molecule has 2 aromatic rings. The summed E-state index contributed by atoms with van der Waals surface area (Å²) in [5.74, 6) is 0.340. The smallest absolute Gasteiger partial charge is 0.319 e. The lowest BCUT2D eigenvalue weighted by Crippen LogP contribution is -2.44. The van der Waals surface area contributed by atoms with E-state index in [2.05, 4.69) is 38.7 Å². The van der Waals surface area contributed by atoms with Crippen LogP contribution in [0.2, 0.25) is 0 Å². The van der Waals surface area contributed by atoms with Crippen LogP contribution < -0.4 is 32.2 Å². The summed E-state index contributed by atoms with van der Waals surface area (Å²) in [6.07, 6.45) is 4.96. The van der Waals surface area contributed by atoms with Gasteiger partial charge in [0.2, 0.25) is 0 Å². The minimum absolute atomic E-state index is 0.0169. The third-order valence-electron chi connectivity index (χ3n) is 7.97. The van der Waals surface area contributed by atoms with E-state index < -0.39 is 5.41 Å². The van der Waals surface area contributed by atoms with Gasteiger partial charge in [0.25, 0.3) is 5.91 Å². The number of anilines is 3. The number of thiophene rings is 1. The average molecular weight is 540 g/mol. The van der Waals surface area contributed by atoms with Gasteiger partial charge in [0, 0.05) is 42.7 Å². The zero-order chi connectivity index (χ0) is 27.0. The Labute approximate surface area is 227 Å². The summed E-state index contributed by atoms with van der Waals surface area (Å²) in [5, 5.41) is 3.88. The second-order valence-corrected chi connectivity index (χ2v) is 11.6. The highest BCUT2D eigenvalue weighted by atomic mass is 32.1. The van der Waals surface area contributed by atoms with Gasteiger partial charge in [-0.2, -0.15) is 15.0 Å². The van der Waals surface area contributed by atoms with Crippen LogP contribution >= 0.6 is 11.3 Å². The minimum atomic E-state index is -0.882. The lowest BCUT2D eigenvalue weighted by atomic mass is 9.83. The molecule has 2 fully saturated rings. The van der Waals surface area contributed by atoms with E-state index in [1.54, 1.807) is 12.1 Å². The van der Waals surface area contributed by atoms with Crippen LogP contribution in [0.5, 0.6) is 6.01 Å². The van der Waals surface area contributed by atoms with Crippen molar-refractivity contribution in [2.45, 2.75) is 50.2 Å². The second kappa shape index (κ2) is 10.5. The molecule has 0 spiro atoms. The van der Waals surface area contributed by atoms with Crippen molar-refractivity contribution in [3.8, 4) is 6.01 Å². The summed E-state index contributed by atoms with van der Waals surface area (Å²) < 4.78 is 6.28. The number of likely N-dealkylation sites (N-methyl/N-ethyl adjacent to an activating group) is 1. The van der Waals surface area contributed by atoms with E-state index in [9.17, 15) is 4.79 Å². The molecule has 2 aromatic heterocycles. The highest BCUT2D eigenvalue weighted by Gasteiger charge is 2.44. The van der Waals surface area contributed by atoms with Gasteiger partial charge in [0.15, 0.2) is 5.84 Å². The summed E-state index contributed by atoms with van der Waals surface area (Å²) >= 11 is 1.44. The molecule has 3 aliphatic rings. The monoisotopic (exact) mass is 539 g/mol. The van der Waals surface area contributed by atoms with E-state index in [0.29, 0.717) is 28.6 Å². The van der Waals surface area contributed by atoms with Crippen LogP contribution in [-0.4, -0.2) is 78.5 Å². The lowest BCUT2D eigenvalue weighted by Gasteiger charge is -2.30. The van der Waals surface area contributed by atoms with Crippen molar-refractivity contribution < 1.29 is 9.53 Å². The highest BCUT2D eigenvalue weighted by molar-refractivity contribution is 7.16. The van der Waals surface area contributed by atoms with Crippen molar-refractivity contribution in [1.82, 2.24) is 20.2 Å². The number of nitrogens with two attached hydrogens (primary N) is 3. The molecule has 1 unspecified atom stereocenters. The molecule has 0 radical (unpaired) electrons. The molecule has 0 aromatic carbocycles. The molecule has 0 bridgehead atoms. The lowest BCUT2D eigenvalue weighted by molar-refractivity contribution is -0.122. The maximum absolute atomic E-state index is 13.5. The van der Waals surface area contributed by atoms with Crippen LogP contribution in [0.3, 0.4) is 0 Å². The van der Waals surface area contributed by atoms with Crippen molar-refractivity contribution in [3.05, 3.63) is 34.9 Å². The van der Waals surface area contributed by atoms with Crippen LogP contribution in [0, 0.1) is 0 Å². The first-order valence-corrected chi connectivity index (χ1v) is 13.9. The van der Waals surface area contributed by atoms with Crippen LogP contribution in [0.1, 0.15) is 42.3 Å². The van der Waals surface area contributed by atoms with Gasteiger partial charge in [-0.3, -0.25) is 9.69 Å². The van der Waals surface area contributed by atoms with Gasteiger partial charge in [-0.15, -0.1) is 11.3 Å². The number of nitrogens with one attached hydrogen (secondary N) is 1. The van der Waals surface area contributed by atoms with E-state index in [1.165, 1.54) is 11.3 Å². The Balaban J connectivity index is 1.47. The SMILES string of the molecule is C=C[C@H](Oc1nc(C(N)=NC(=O)C2(C)CCc3sc(N)c(N)c32)cc(N2CCNCC2)n1)[C@@H]1CCCN1C. The summed E-state index contributed by atoms with van der Waals surface area (Å²) in [6, 6.07) is 2.15. The van der Waals surface area contributed by atoms with Crippen molar-refractivity contribution in [3.63, 3.8) is 0 Å². The average Bonchev–Trinajstić information content (AvgIpc) is 3.58. The molecule has 204 valence electrons. The molecule has 5 rings (SSSR count). The molecule has 1 amide bonds. The van der Waals surface area contributed by atoms with Gasteiger partial charge in [0.05, 0.1) is 17.1 Å². The first kappa shape index (κ1) is 26.4. The molecule has 4 heterocycles. The predicted octanol–water partition coefficient (Wildman–Crippen LogP) is 1.28. The number of aryl methyl sites for hydroxylation is 1. The van der Waals surface area contributed by atoms with Gasteiger partial charge in [-0.05, 0) is 52.3 Å². The molecular weight excluding hydrogens is 502 g/mol. The Kier molecular flexibility index (Phi) is 7.30. The number of nitrogen functional groups attached to an aromatic ring is 2. The number of ether oxygens (including phenoxy) is 1. The number of hydrogen-bond acceptors (Lipinski definition) is 10.